The Balaban J connectivity index is 2.09. The minimum Gasteiger partial charge on any atom is -0.494 e. The summed E-state index contributed by atoms with van der Waals surface area (Å²) in [5.74, 6) is 1.05. The zero-order chi connectivity index (χ0) is 15.1. The second-order valence-electron chi connectivity index (χ2n) is 4.58. The topological polar surface area (TPSA) is 30.5 Å². The van der Waals surface area contributed by atoms with E-state index in [1.165, 1.54) is 12.1 Å². The number of rotatable bonds is 7. The molecule has 2 aromatic rings. The first kappa shape index (κ1) is 15.3. The highest BCUT2D eigenvalue weighted by Gasteiger charge is 2.15. The minimum atomic E-state index is -0.303. The number of hydrogen-bond acceptors (Lipinski definition) is 3. The van der Waals surface area contributed by atoms with Gasteiger partial charge in [-0.3, -0.25) is 0 Å². The van der Waals surface area contributed by atoms with Crippen molar-refractivity contribution in [2.45, 2.75) is 13.0 Å². The molecule has 0 heterocycles. The molecule has 0 spiro atoms. The van der Waals surface area contributed by atoms with Gasteiger partial charge in [0, 0.05) is 11.6 Å². The monoisotopic (exact) mass is 289 g/mol. The van der Waals surface area contributed by atoms with E-state index in [0.29, 0.717) is 19.0 Å². The number of hydrogen-bond donors (Lipinski definition) is 1. The summed E-state index contributed by atoms with van der Waals surface area (Å²) < 4.78 is 24.5. The first-order chi connectivity index (χ1) is 10.2. The maximum Gasteiger partial charge on any atom is 0.126 e. The van der Waals surface area contributed by atoms with Gasteiger partial charge in [0.05, 0.1) is 12.6 Å². The minimum absolute atomic E-state index is 0.0315. The highest BCUT2D eigenvalue weighted by molar-refractivity contribution is 5.36. The fourth-order valence-electron chi connectivity index (χ4n) is 2.12. The number of nitrogens with one attached hydrogen (secondary N) is 1. The van der Waals surface area contributed by atoms with E-state index < -0.39 is 0 Å². The van der Waals surface area contributed by atoms with Crippen molar-refractivity contribution in [3.05, 3.63) is 59.9 Å². The summed E-state index contributed by atoms with van der Waals surface area (Å²) in [6.45, 7) is 2.96. The Morgan fingerprint density at radius 3 is 2.62 bits per heavy atom. The number of halogens is 1. The molecule has 2 aromatic carbocycles. The van der Waals surface area contributed by atoms with E-state index in [0.717, 1.165) is 11.3 Å². The number of likely N-dealkylation sites (N-methyl/N-ethyl adjacent to an activating group) is 1. The van der Waals surface area contributed by atoms with Crippen LogP contribution in [0.5, 0.6) is 11.5 Å². The third-order valence-corrected chi connectivity index (χ3v) is 3.16. The van der Waals surface area contributed by atoms with E-state index in [-0.39, 0.29) is 11.9 Å². The average Bonchev–Trinajstić information content (AvgIpc) is 2.50. The van der Waals surface area contributed by atoms with Gasteiger partial charge < -0.3 is 14.8 Å². The Morgan fingerprint density at radius 2 is 1.90 bits per heavy atom. The third-order valence-electron chi connectivity index (χ3n) is 3.16. The predicted octanol–water partition coefficient (Wildman–Crippen LogP) is 3.56. The van der Waals surface area contributed by atoms with Gasteiger partial charge in [-0.2, -0.15) is 0 Å². The molecule has 0 aliphatic rings. The summed E-state index contributed by atoms with van der Waals surface area (Å²) in [5, 5.41) is 3.20. The van der Waals surface area contributed by atoms with Crippen LogP contribution < -0.4 is 14.8 Å². The first-order valence-electron chi connectivity index (χ1n) is 7.02. The van der Waals surface area contributed by atoms with Gasteiger partial charge >= 0.3 is 0 Å². The van der Waals surface area contributed by atoms with Crippen LogP contribution in [0.1, 0.15) is 18.5 Å². The van der Waals surface area contributed by atoms with Crippen LogP contribution in [0.3, 0.4) is 0 Å². The molecule has 0 fully saturated rings. The van der Waals surface area contributed by atoms with E-state index in [1.807, 2.05) is 38.2 Å². The third kappa shape index (κ3) is 4.20. The maximum atomic E-state index is 13.1. The zero-order valence-corrected chi connectivity index (χ0v) is 12.3. The van der Waals surface area contributed by atoms with Gasteiger partial charge in [-0.1, -0.05) is 24.3 Å². The Bertz CT molecular complexity index is 574. The molecule has 0 saturated heterocycles. The molecule has 0 aliphatic carbocycles. The van der Waals surface area contributed by atoms with E-state index in [4.69, 9.17) is 9.47 Å². The van der Waals surface area contributed by atoms with Gasteiger partial charge in [0.1, 0.15) is 23.9 Å². The van der Waals surface area contributed by atoms with Crippen LogP contribution in [0.15, 0.2) is 48.5 Å². The standard InChI is InChI=1S/C17H20FNO2/c1-3-20-17-10-5-4-9-15(17)16(19-2)12-21-14-8-6-7-13(18)11-14/h4-11,16,19H,3,12H2,1-2H3. The van der Waals surface area contributed by atoms with Crippen LogP contribution >= 0.6 is 0 Å². The highest BCUT2D eigenvalue weighted by Crippen LogP contribution is 2.26. The molecule has 3 nitrogen and oxygen atoms in total. The Labute approximate surface area is 124 Å². The fourth-order valence-corrected chi connectivity index (χ4v) is 2.12. The van der Waals surface area contributed by atoms with Crippen molar-refractivity contribution in [2.24, 2.45) is 0 Å². The van der Waals surface area contributed by atoms with Crippen molar-refractivity contribution >= 4 is 0 Å². The summed E-state index contributed by atoms with van der Waals surface area (Å²) in [7, 11) is 1.86. The molecule has 21 heavy (non-hydrogen) atoms. The fraction of sp³-hybridized carbons (Fsp3) is 0.294. The smallest absolute Gasteiger partial charge is 0.126 e. The first-order valence-corrected chi connectivity index (χ1v) is 7.02. The molecule has 112 valence electrons. The van der Waals surface area contributed by atoms with E-state index >= 15 is 0 Å². The van der Waals surface area contributed by atoms with Crippen molar-refractivity contribution in [3.63, 3.8) is 0 Å². The molecule has 0 saturated carbocycles. The van der Waals surface area contributed by atoms with Gasteiger partial charge in [-0.05, 0) is 32.2 Å². The molecule has 2 rings (SSSR count). The summed E-state index contributed by atoms with van der Waals surface area (Å²) in [6, 6.07) is 14.0. The average molecular weight is 289 g/mol. The lowest BCUT2D eigenvalue weighted by Crippen LogP contribution is -2.24. The Hall–Kier alpha value is -2.07. The van der Waals surface area contributed by atoms with Gasteiger partial charge in [0.25, 0.3) is 0 Å². The molecule has 1 N–H and O–H groups in total. The number of para-hydroxylation sites is 1. The molecular formula is C17H20FNO2. The van der Waals surface area contributed by atoms with Crippen molar-refractivity contribution in [2.75, 3.05) is 20.3 Å². The maximum absolute atomic E-state index is 13.1. The summed E-state index contributed by atoms with van der Waals surface area (Å²) in [5.41, 5.74) is 1.03. The van der Waals surface area contributed by atoms with Crippen LogP contribution in [0.4, 0.5) is 4.39 Å². The van der Waals surface area contributed by atoms with Gasteiger partial charge in [0.2, 0.25) is 0 Å². The van der Waals surface area contributed by atoms with Gasteiger partial charge in [-0.15, -0.1) is 0 Å². The van der Waals surface area contributed by atoms with Crippen LogP contribution in [-0.2, 0) is 0 Å². The molecule has 0 bridgehead atoms. The zero-order valence-electron chi connectivity index (χ0n) is 12.3. The predicted molar refractivity (Wildman–Crippen MR) is 81.3 cm³/mol. The van der Waals surface area contributed by atoms with Crippen LogP contribution in [0.25, 0.3) is 0 Å². The lowest BCUT2D eigenvalue weighted by atomic mass is 10.1. The van der Waals surface area contributed by atoms with Gasteiger partial charge in [-0.25, -0.2) is 4.39 Å². The van der Waals surface area contributed by atoms with E-state index in [2.05, 4.69) is 5.32 Å². The summed E-state index contributed by atoms with van der Waals surface area (Å²) in [4.78, 5) is 0. The molecule has 4 heteroatoms. The van der Waals surface area contributed by atoms with E-state index in [1.54, 1.807) is 12.1 Å². The molecule has 0 aliphatic heterocycles. The summed E-state index contributed by atoms with van der Waals surface area (Å²) >= 11 is 0. The second-order valence-corrected chi connectivity index (χ2v) is 4.58. The largest absolute Gasteiger partial charge is 0.494 e. The van der Waals surface area contributed by atoms with Crippen LogP contribution in [0, 0.1) is 5.82 Å². The lowest BCUT2D eigenvalue weighted by molar-refractivity contribution is 0.264. The SMILES string of the molecule is CCOc1ccccc1C(COc1cccc(F)c1)NC. The number of benzene rings is 2. The molecule has 1 unspecified atom stereocenters. The molecule has 0 radical (unpaired) electrons. The van der Waals surface area contributed by atoms with Crippen LogP contribution in [-0.4, -0.2) is 20.3 Å². The quantitative estimate of drug-likeness (QED) is 0.845. The Morgan fingerprint density at radius 1 is 1.10 bits per heavy atom. The van der Waals surface area contributed by atoms with Crippen LogP contribution in [0.2, 0.25) is 0 Å². The molecular weight excluding hydrogens is 269 g/mol. The highest BCUT2D eigenvalue weighted by atomic mass is 19.1. The molecule has 0 aromatic heterocycles. The van der Waals surface area contributed by atoms with Crippen molar-refractivity contribution in [1.29, 1.82) is 0 Å². The van der Waals surface area contributed by atoms with Crippen molar-refractivity contribution < 1.29 is 13.9 Å². The molecule has 1 atom stereocenters. The van der Waals surface area contributed by atoms with E-state index in [9.17, 15) is 4.39 Å². The summed E-state index contributed by atoms with van der Waals surface area (Å²) in [6.07, 6.45) is 0. The van der Waals surface area contributed by atoms with Crippen molar-refractivity contribution in [1.82, 2.24) is 5.32 Å². The molecule has 0 amide bonds. The lowest BCUT2D eigenvalue weighted by Gasteiger charge is -2.20. The second kappa shape index (κ2) is 7.64. The van der Waals surface area contributed by atoms with Gasteiger partial charge in [0.15, 0.2) is 0 Å². The Kier molecular flexibility index (Phi) is 5.58. The number of ether oxygens (including phenoxy) is 2. The normalized spacial score (nSPS) is 12.0. The van der Waals surface area contributed by atoms with Crippen molar-refractivity contribution in [3.8, 4) is 11.5 Å².